The fourth-order valence-electron chi connectivity index (χ4n) is 2.93. The number of carboxylic acids is 1. The Kier molecular flexibility index (Phi) is 7.80. The standard InChI is InChI=1S/C19H18N6O6S3/c1-8-11(34-7-21-8)4-3-9(5-26)14(18(29)30)25-16(28)13(17(25)32)23-15(27)12(24-31-2)10-6-33-19(20)22-10/h3-7,13,17,32H,1-2H3,(H2,20,22)(H,23,27)(H,29,30)/b4-3-,14-9?,24-12-/t13-,17-/m1/s1. The lowest BCUT2D eigenvalue weighted by Gasteiger charge is -2.44. The van der Waals surface area contributed by atoms with Gasteiger partial charge in [-0.25, -0.2) is 14.8 Å². The van der Waals surface area contributed by atoms with E-state index in [1.807, 2.05) is 0 Å². The molecule has 0 aromatic carbocycles. The zero-order chi connectivity index (χ0) is 25.0. The van der Waals surface area contributed by atoms with E-state index in [1.165, 1.54) is 36.0 Å². The molecule has 0 unspecified atom stereocenters. The summed E-state index contributed by atoms with van der Waals surface area (Å²) in [6.45, 7) is 1.76. The Morgan fingerprint density at radius 3 is 2.65 bits per heavy atom. The highest BCUT2D eigenvalue weighted by atomic mass is 32.1. The molecule has 0 saturated carbocycles. The Hall–Kier alpha value is -3.56. The number of carbonyl (C=O) groups excluding carboxylic acids is 3. The molecule has 2 aromatic heterocycles. The molecule has 2 atom stereocenters. The van der Waals surface area contributed by atoms with Gasteiger partial charge in [0.15, 0.2) is 17.1 Å². The Morgan fingerprint density at radius 2 is 2.15 bits per heavy atom. The summed E-state index contributed by atoms with van der Waals surface area (Å²) >= 11 is 6.66. The average molecular weight is 523 g/mol. The number of hydrogen-bond acceptors (Lipinski definition) is 12. The van der Waals surface area contributed by atoms with Gasteiger partial charge >= 0.3 is 5.97 Å². The molecule has 0 aliphatic carbocycles. The summed E-state index contributed by atoms with van der Waals surface area (Å²) in [7, 11) is 1.23. The lowest BCUT2D eigenvalue weighted by molar-refractivity contribution is -0.150. The molecule has 2 aromatic rings. The average Bonchev–Trinajstić information content (AvgIpc) is 3.42. The second-order valence-electron chi connectivity index (χ2n) is 6.63. The lowest BCUT2D eigenvalue weighted by atomic mass is 10.0. The number of β-lactam (4-membered cyclic amide) rings is 1. The molecular formula is C19H18N6O6S3. The maximum atomic E-state index is 12.8. The van der Waals surface area contributed by atoms with Crippen molar-refractivity contribution in [2.24, 2.45) is 5.16 Å². The van der Waals surface area contributed by atoms with E-state index in [2.05, 4.69) is 37.9 Å². The number of nitrogens with zero attached hydrogens (tertiary/aromatic N) is 4. The molecule has 0 spiro atoms. The van der Waals surface area contributed by atoms with Crippen LogP contribution in [0.3, 0.4) is 0 Å². The van der Waals surface area contributed by atoms with Gasteiger partial charge in [0.1, 0.15) is 29.9 Å². The van der Waals surface area contributed by atoms with Crippen LogP contribution in [0.15, 0.2) is 33.4 Å². The van der Waals surface area contributed by atoms with Gasteiger partial charge in [-0.1, -0.05) is 5.16 Å². The first kappa shape index (κ1) is 25.1. The summed E-state index contributed by atoms with van der Waals surface area (Å²) in [5.74, 6) is -3.09. The second-order valence-corrected chi connectivity index (χ2v) is 8.93. The number of thiol groups is 1. The van der Waals surface area contributed by atoms with Crippen LogP contribution in [0, 0.1) is 6.92 Å². The zero-order valence-electron chi connectivity index (χ0n) is 17.7. The van der Waals surface area contributed by atoms with Crippen LogP contribution in [0.4, 0.5) is 5.13 Å². The third-order valence-corrected chi connectivity index (χ3v) is 6.65. The van der Waals surface area contributed by atoms with E-state index in [0.717, 1.165) is 21.1 Å². The number of carbonyl (C=O) groups is 4. The summed E-state index contributed by atoms with van der Waals surface area (Å²) in [5, 5.41) is 16.4. The number of nitrogens with one attached hydrogen (secondary N) is 1. The van der Waals surface area contributed by atoms with Crippen molar-refractivity contribution < 1.29 is 29.1 Å². The second kappa shape index (κ2) is 10.6. The first-order valence-corrected chi connectivity index (χ1v) is 11.6. The first-order chi connectivity index (χ1) is 16.2. The van der Waals surface area contributed by atoms with Crippen molar-refractivity contribution >= 4 is 76.3 Å². The van der Waals surface area contributed by atoms with Crippen molar-refractivity contribution in [2.75, 3.05) is 12.8 Å². The highest BCUT2D eigenvalue weighted by molar-refractivity contribution is 7.81. The summed E-state index contributed by atoms with van der Waals surface area (Å²) < 4.78 is 0. The Labute approximate surface area is 206 Å². The van der Waals surface area contributed by atoms with E-state index in [9.17, 15) is 24.3 Å². The highest BCUT2D eigenvalue weighted by Crippen LogP contribution is 2.30. The number of oxime groups is 1. The number of thiazole rings is 2. The molecule has 0 radical (unpaired) electrons. The van der Waals surface area contributed by atoms with Crippen molar-refractivity contribution in [1.29, 1.82) is 0 Å². The molecule has 1 aliphatic rings. The minimum Gasteiger partial charge on any atom is -0.477 e. The van der Waals surface area contributed by atoms with Crippen molar-refractivity contribution in [2.45, 2.75) is 18.3 Å². The lowest BCUT2D eigenvalue weighted by Crippen LogP contribution is -2.69. The van der Waals surface area contributed by atoms with E-state index in [1.54, 1.807) is 12.4 Å². The van der Waals surface area contributed by atoms with E-state index < -0.39 is 34.9 Å². The number of carboxylic acid groups (broad SMARTS) is 1. The largest absolute Gasteiger partial charge is 0.477 e. The Balaban J connectivity index is 1.83. The first-order valence-electron chi connectivity index (χ1n) is 9.35. The van der Waals surface area contributed by atoms with Gasteiger partial charge in [0.05, 0.1) is 11.2 Å². The topological polar surface area (TPSA) is 177 Å². The number of aromatic nitrogens is 2. The fourth-order valence-corrected chi connectivity index (χ4v) is 4.60. The van der Waals surface area contributed by atoms with E-state index in [0.29, 0.717) is 12.0 Å². The minimum absolute atomic E-state index is 0.138. The van der Waals surface area contributed by atoms with Crippen LogP contribution in [0.5, 0.6) is 0 Å². The number of hydrogen-bond donors (Lipinski definition) is 4. The van der Waals surface area contributed by atoms with Gasteiger partial charge in [0.2, 0.25) is 0 Å². The molecule has 12 nitrogen and oxygen atoms in total. The van der Waals surface area contributed by atoms with Crippen LogP contribution >= 0.6 is 35.3 Å². The van der Waals surface area contributed by atoms with Gasteiger partial charge in [-0.05, 0) is 19.1 Å². The normalized spacial score (nSPS) is 19.0. The third-order valence-electron chi connectivity index (χ3n) is 4.56. The predicted octanol–water partition coefficient (Wildman–Crippen LogP) is 0.675. The van der Waals surface area contributed by atoms with Crippen LogP contribution in [0.2, 0.25) is 0 Å². The number of rotatable bonds is 9. The SMILES string of the molecule is CO/N=C(\C(=O)N[C@@H]1C(=O)N(C(C(=O)O)=C(C=O)/C=C\c2scnc2C)[C@@H]1S)c1csc(N)n1. The number of aliphatic carboxylic acids is 1. The Morgan fingerprint density at radius 1 is 1.41 bits per heavy atom. The number of amides is 2. The maximum absolute atomic E-state index is 12.8. The van der Waals surface area contributed by atoms with Crippen LogP contribution < -0.4 is 11.1 Å². The van der Waals surface area contributed by atoms with E-state index in [-0.39, 0.29) is 22.1 Å². The van der Waals surface area contributed by atoms with Crippen molar-refractivity contribution in [3.05, 3.63) is 44.5 Å². The molecule has 0 bridgehead atoms. The van der Waals surface area contributed by atoms with Gasteiger partial charge in [-0.2, -0.15) is 12.6 Å². The van der Waals surface area contributed by atoms with Crippen LogP contribution in [0.1, 0.15) is 16.3 Å². The molecule has 15 heteroatoms. The van der Waals surface area contributed by atoms with Gasteiger partial charge in [0, 0.05) is 15.8 Å². The molecule has 3 rings (SSSR count). The van der Waals surface area contributed by atoms with Crippen LogP contribution in [-0.4, -0.2) is 68.3 Å². The monoisotopic (exact) mass is 522 g/mol. The quantitative estimate of drug-likeness (QED) is 0.0701. The summed E-state index contributed by atoms with van der Waals surface area (Å²) in [6.07, 6.45) is 3.14. The molecular weight excluding hydrogens is 504 g/mol. The van der Waals surface area contributed by atoms with Crippen LogP contribution in [0.25, 0.3) is 6.08 Å². The molecule has 34 heavy (non-hydrogen) atoms. The summed E-state index contributed by atoms with van der Waals surface area (Å²) in [6, 6.07) is -1.19. The van der Waals surface area contributed by atoms with Crippen molar-refractivity contribution in [1.82, 2.24) is 20.2 Å². The van der Waals surface area contributed by atoms with E-state index in [4.69, 9.17) is 5.73 Å². The predicted molar refractivity (Wildman–Crippen MR) is 128 cm³/mol. The number of anilines is 1. The molecule has 2 amide bonds. The van der Waals surface area contributed by atoms with Gasteiger partial charge in [-0.15, -0.1) is 22.7 Å². The number of nitrogen functional groups attached to an aromatic ring is 1. The third kappa shape index (κ3) is 5.00. The van der Waals surface area contributed by atoms with Gasteiger partial charge < -0.3 is 21.0 Å². The van der Waals surface area contributed by atoms with E-state index >= 15 is 0 Å². The Bertz CT molecular complexity index is 1230. The van der Waals surface area contributed by atoms with Crippen molar-refractivity contribution in [3.63, 3.8) is 0 Å². The fraction of sp³-hybridized carbons (Fsp3) is 0.211. The smallest absolute Gasteiger partial charge is 0.353 e. The summed E-state index contributed by atoms with van der Waals surface area (Å²) in [5.41, 5.74) is 6.99. The number of allylic oxidation sites excluding steroid dienone is 2. The summed E-state index contributed by atoms with van der Waals surface area (Å²) in [4.78, 5) is 63.4. The zero-order valence-corrected chi connectivity index (χ0v) is 20.2. The number of likely N-dealkylation sites (tertiary alicyclic amines) is 1. The van der Waals surface area contributed by atoms with Crippen LogP contribution in [-0.2, 0) is 24.0 Å². The van der Waals surface area contributed by atoms with Crippen molar-refractivity contribution in [3.8, 4) is 0 Å². The molecule has 1 saturated heterocycles. The molecule has 1 fully saturated rings. The number of nitrogens with two attached hydrogens (primary N) is 1. The highest BCUT2D eigenvalue weighted by Gasteiger charge is 2.50. The minimum atomic E-state index is -1.51. The molecule has 1 aliphatic heterocycles. The van der Waals surface area contributed by atoms with Gasteiger partial charge in [-0.3, -0.25) is 19.3 Å². The number of aldehydes is 1. The van der Waals surface area contributed by atoms with Gasteiger partial charge in [0.25, 0.3) is 11.8 Å². The molecule has 3 heterocycles. The number of aryl methyl sites for hydroxylation is 1. The molecule has 4 N–H and O–H groups in total. The maximum Gasteiger partial charge on any atom is 0.353 e. The molecule has 178 valence electrons.